The van der Waals surface area contributed by atoms with Gasteiger partial charge in [-0.3, -0.25) is 4.79 Å². The molecule has 1 heterocycles. The Morgan fingerprint density at radius 1 is 1.77 bits per heavy atom. The predicted octanol–water partition coefficient (Wildman–Crippen LogP) is 1.26. The summed E-state index contributed by atoms with van der Waals surface area (Å²) in [7, 11) is 0. The smallest absolute Gasteiger partial charge is 0.232 e. The van der Waals surface area contributed by atoms with Gasteiger partial charge in [0.1, 0.15) is 5.76 Å². The minimum absolute atomic E-state index is 0.0464. The van der Waals surface area contributed by atoms with E-state index in [1.54, 1.807) is 13.2 Å². The van der Waals surface area contributed by atoms with Gasteiger partial charge in [0.2, 0.25) is 5.91 Å². The zero-order valence-electron chi connectivity index (χ0n) is 7.49. The number of carbonyl (C=O) groups excluding carboxylic acids is 1. The highest BCUT2D eigenvalue weighted by molar-refractivity contribution is 7.81. The van der Waals surface area contributed by atoms with Gasteiger partial charge in [-0.05, 0) is 19.1 Å². The van der Waals surface area contributed by atoms with Crippen molar-refractivity contribution in [1.82, 2.24) is 5.32 Å². The lowest BCUT2D eigenvalue weighted by Crippen LogP contribution is -2.31. The van der Waals surface area contributed by atoms with Crippen LogP contribution >= 0.6 is 12.6 Å². The van der Waals surface area contributed by atoms with Gasteiger partial charge in [0, 0.05) is 13.0 Å². The molecule has 1 unspecified atom stereocenters. The number of carbonyl (C=O) groups is 1. The number of thiol groups is 1. The second-order valence-corrected chi connectivity index (χ2v) is 3.57. The number of hydrogen-bond donors (Lipinski definition) is 2. The van der Waals surface area contributed by atoms with Crippen LogP contribution in [0, 0.1) is 0 Å². The largest absolute Gasteiger partial charge is 0.469 e. The van der Waals surface area contributed by atoms with Crippen molar-refractivity contribution in [3.8, 4) is 0 Å². The van der Waals surface area contributed by atoms with E-state index in [1.807, 2.05) is 12.1 Å². The highest BCUT2D eigenvalue weighted by atomic mass is 32.1. The van der Waals surface area contributed by atoms with Gasteiger partial charge in [0.05, 0.1) is 11.5 Å². The van der Waals surface area contributed by atoms with E-state index < -0.39 is 0 Å². The third-order valence-electron chi connectivity index (χ3n) is 1.63. The normalized spacial score (nSPS) is 12.5. The van der Waals surface area contributed by atoms with Crippen LogP contribution in [0.4, 0.5) is 0 Å². The molecule has 0 aliphatic rings. The molecule has 0 radical (unpaired) electrons. The molecule has 0 spiro atoms. The van der Waals surface area contributed by atoms with Crippen LogP contribution in [0.1, 0.15) is 12.7 Å². The van der Waals surface area contributed by atoms with Crippen LogP contribution in [0.3, 0.4) is 0 Å². The summed E-state index contributed by atoms with van der Waals surface area (Å²) in [5, 5.41) is 2.49. The predicted molar refractivity (Wildman–Crippen MR) is 53.9 cm³/mol. The molecular weight excluding hydrogens is 186 g/mol. The Morgan fingerprint density at radius 3 is 3.08 bits per heavy atom. The van der Waals surface area contributed by atoms with Crippen LogP contribution in [0.15, 0.2) is 22.8 Å². The Bertz CT molecular complexity index is 257. The molecule has 1 aromatic heterocycles. The molecule has 1 aromatic rings. The molecule has 0 fully saturated rings. The van der Waals surface area contributed by atoms with Crippen molar-refractivity contribution in [1.29, 1.82) is 0 Å². The molecule has 13 heavy (non-hydrogen) atoms. The minimum Gasteiger partial charge on any atom is -0.469 e. The van der Waals surface area contributed by atoms with Gasteiger partial charge in [-0.25, -0.2) is 0 Å². The van der Waals surface area contributed by atoms with E-state index in [4.69, 9.17) is 4.42 Å². The van der Waals surface area contributed by atoms with Crippen LogP contribution in [0.5, 0.6) is 0 Å². The Balaban J connectivity index is 2.18. The molecule has 0 saturated heterocycles. The highest BCUT2D eigenvalue weighted by Crippen LogP contribution is 1.99. The number of nitrogens with one attached hydrogen (secondary N) is 1. The second kappa shape index (κ2) is 4.97. The summed E-state index contributed by atoms with van der Waals surface area (Å²) in [4.78, 5) is 11.1. The van der Waals surface area contributed by atoms with Crippen LogP contribution < -0.4 is 5.32 Å². The average Bonchev–Trinajstić information content (AvgIpc) is 2.56. The molecule has 0 saturated carbocycles. The molecule has 0 aliphatic carbocycles. The molecule has 0 aliphatic heterocycles. The van der Waals surface area contributed by atoms with E-state index in [2.05, 4.69) is 17.9 Å². The molecule has 1 amide bonds. The third kappa shape index (κ3) is 3.55. The van der Waals surface area contributed by atoms with E-state index in [-0.39, 0.29) is 11.2 Å². The lowest BCUT2D eigenvalue weighted by molar-refractivity contribution is -0.120. The fraction of sp³-hybridized carbons (Fsp3) is 0.444. The van der Waals surface area contributed by atoms with Crippen molar-refractivity contribution >= 4 is 18.5 Å². The minimum atomic E-state index is -0.253. The van der Waals surface area contributed by atoms with Gasteiger partial charge >= 0.3 is 0 Å². The zero-order chi connectivity index (χ0) is 9.68. The molecule has 0 bridgehead atoms. The van der Waals surface area contributed by atoms with Crippen LogP contribution in [-0.2, 0) is 11.2 Å². The van der Waals surface area contributed by atoms with Crippen molar-refractivity contribution in [3.63, 3.8) is 0 Å². The molecule has 1 atom stereocenters. The number of rotatable bonds is 4. The van der Waals surface area contributed by atoms with Crippen molar-refractivity contribution in [2.24, 2.45) is 0 Å². The summed E-state index contributed by atoms with van der Waals surface area (Å²) < 4.78 is 5.11. The molecule has 72 valence electrons. The van der Waals surface area contributed by atoms with Gasteiger partial charge < -0.3 is 9.73 Å². The van der Waals surface area contributed by atoms with Gasteiger partial charge in [0.15, 0.2) is 0 Å². The van der Waals surface area contributed by atoms with E-state index in [0.717, 1.165) is 12.2 Å². The maximum Gasteiger partial charge on any atom is 0.232 e. The van der Waals surface area contributed by atoms with Crippen LogP contribution in [0.2, 0.25) is 0 Å². The first-order valence-electron chi connectivity index (χ1n) is 4.18. The fourth-order valence-corrected chi connectivity index (χ4v) is 1.00. The SMILES string of the molecule is CC(S)C(=O)NCCc1ccco1. The average molecular weight is 199 g/mol. The van der Waals surface area contributed by atoms with Gasteiger partial charge in [0.25, 0.3) is 0 Å². The summed E-state index contributed by atoms with van der Waals surface area (Å²) in [6.45, 7) is 2.34. The molecule has 0 aromatic carbocycles. The molecule has 3 nitrogen and oxygen atoms in total. The highest BCUT2D eigenvalue weighted by Gasteiger charge is 2.06. The first-order chi connectivity index (χ1) is 6.20. The number of amides is 1. The molecule has 1 rings (SSSR count). The maximum atomic E-state index is 11.1. The Kier molecular flexibility index (Phi) is 3.89. The Hall–Kier alpha value is -0.900. The fourth-order valence-electron chi connectivity index (χ4n) is 0.911. The molecular formula is C9H13NO2S. The zero-order valence-corrected chi connectivity index (χ0v) is 8.38. The second-order valence-electron chi connectivity index (χ2n) is 2.80. The van der Waals surface area contributed by atoms with Gasteiger partial charge in [-0.2, -0.15) is 12.6 Å². The standard InChI is InChI=1S/C9H13NO2S/c1-7(13)9(11)10-5-4-8-3-2-6-12-8/h2-3,6-7,13H,4-5H2,1H3,(H,10,11). The number of hydrogen-bond acceptors (Lipinski definition) is 3. The van der Waals surface area contributed by atoms with E-state index in [0.29, 0.717) is 6.54 Å². The molecule has 4 heteroatoms. The van der Waals surface area contributed by atoms with E-state index in [9.17, 15) is 4.79 Å². The monoisotopic (exact) mass is 199 g/mol. The first-order valence-corrected chi connectivity index (χ1v) is 4.70. The first kappa shape index (κ1) is 10.2. The summed E-state index contributed by atoms with van der Waals surface area (Å²) in [6, 6.07) is 3.72. The van der Waals surface area contributed by atoms with Crippen LogP contribution in [0.25, 0.3) is 0 Å². The van der Waals surface area contributed by atoms with Crippen molar-refractivity contribution in [3.05, 3.63) is 24.2 Å². The number of furan rings is 1. The summed E-state index contributed by atoms with van der Waals surface area (Å²) in [5.74, 6) is 0.835. The Morgan fingerprint density at radius 2 is 2.54 bits per heavy atom. The van der Waals surface area contributed by atoms with Gasteiger partial charge in [-0.1, -0.05) is 0 Å². The summed E-state index contributed by atoms with van der Waals surface area (Å²) in [5.41, 5.74) is 0. The quantitative estimate of drug-likeness (QED) is 0.717. The van der Waals surface area contributed by atoms with Crippen molar-refractivity contribution < 1.29 is 9.21 Å². The topological polar surface area (TPSA) is 42.2 Å². The van der Waals surface area contributed by atoms with E-state index >= 15 is 0 Å². The van der Waals surface area contributed by atoms with E-state index in [1.165, 1.54) is 0 Å². The van der Waals surface area contributed by atoms with Gasteiger partial charge in [-0.15, -0.1) is 0 Å². The maximum absolute atomic E-state index is 11.1. The Labute approximate surface area is 82.9 Å². The lowest BCUT2D eigenvalue weighted by Gasteiger charge is -2.05. The third-order valence-corrected chi connectivity index (χ3v) is 1.86. The van der Waals surface area contributed by atoms with Crippen LogP contribution in [-0.4, -0.2) is 17.7 Å². The summed E-state index contributed by atoms with van der Waals surface area (Å²) in [6.07, 6.45) is 2.34. The van der Waals surface area contributed by atoms with Crippen molar-refractivity contribution in [2.75, 3.05) is 6.54 Å². The summed E-state index contributed by atoms with van der Waals surface area (Å²) >= 11 is 4.01. The molecule has 1 N–H and O–H groups in total. The lowest BCUT2D eigenvalue weighted by atomic mass is 10.3. The van der Waals surface area contributed by atoms with Crippen molar-refractivity contribution in [2.45, 2.75) is 18.6 Å².